The van der Waals surface area contributed by atoms with Crippen LogP contribution >= 0.6 is 0 Å². The highest BCUT2D eigenvalue weighted by atomic mass is 15.4. The molecular formula is C14H25N5. The fourth-order valence-corrected chi connectivity index (χ4v) is 3.54. The summed E-state index contributed by atoms with van der Waals surface area (Å²) >= 11 is 0. The van der Waals surface area contributed by atoms with Gasteiger partial charge < -0.3 is 5.32 Å². The molecular weight excluding hydrogens is 238 g/mol. The van der Waals surface area contributed by atoms with E-state index >= 15 is 0 Å². The molecule has 19 heavy (non-hydrogen) atoms. The first kappa shape index (κ1) is 13.1. The highest BCUT2D eigenvalue weighted by Crippen LogP contribution is 2.32. The monoisotopic (exact) mass is 263 g/mol. The van der Waals surface area contributed by atoms with Crippen LogP contribution < -0.4 is 5.32 Å². The van der Waals surface area contributed by atoms with Gasteiger partial charge in [0.2, 0.25) is 0 Å². The van der Waals surface area contributed by atoms with Crippen LogP contribution in [0.5, 0.6) is 0 Å². The summed E-state index contributed by atoms with van der Waals surface area (Å²) in [6.07, 6.45) is 8.85. The average molecular weight is 263 g/mol. The standard InChI is InChI=1S/C14H25N5/c1-12-8-15-14(6-4-3-5-7-14)11-19(12)10-13-9-18(2)17-16-13/h9,12,15H,3-8,10-11H2,1-2H3. The lowest BCUT2D eigenvalue weighted by Gasteiger charge is -2.48. The molecule has 1 aliphatic heterocycles. The first-order valence-electron chi connectivity index (χ1n) is 7.51. The average Bonchev–Trinajstić information content (AvgIpc) is 2.81. The third-order valence-electron chi connectivity index (χ3n) is 4.73. The molecule has 1 aliphatic carbocycles. The maximum Gasteiger partial charge on any atom is 0.0967 e. The van der Waals surface area contributed by atoms with Crippen molar-refractivity contribution in [3.63, 3.8) is 0 Å². The van der Waals surface area contributed by atoms with Gasteiger partial charge in [0.05, 0.1) is 5.69 Å². The highest BCUT2D eigenvalue weighted by molar-refractivity contribution is 5.01. The second-order valence-electron chi connectivity index (χ2n) is 6.36. The highest BCUT2D eigenvalue weighted by Gasteiger charge is 2.38. The first-order chi connectivity index (χ1) is 9.17. The molecule has 106 valence electrons. The molecule has 1 aromatic rings. The van der Waals surface area contributed by atoms with Crippen molar-refractivity contribution in [2.75, 3.05) is 13.1 Å². The number of hydrogen-bond acceptors (Lipinski definition) is 4. The quantitative estimate of drug-likeness (QED) is 0.874. The summed E-state index contributed by atoms with van der Waals surface area (Å²) in [5.74, 6) is 0. The van der Waals surface area contributed by atoms with Crippen LogP contribution in [-0.2, 0) is 13.6 Å². The van der Waals surface area contributed by atoms with Gasteiger partial charge in [0, 0.05) is 44.5 Å². The zero-order chi connectivity index (χ0) is 13.3. The number of piperazine rings is 1. The summed E-state index contributed by atoms with van der Waals surface area (Å²) in [6.45, 7) is 5.49. The van der Waals surface area contributed by atoms with Gasteiger partial charge in [-0.05, 0) is 19.8 Å². The molecule has 1 spiro atoms. The minimum absolute atomic E-state index is 0.368. The molecule has 1 aromatic heterocycles. The normalized spacial score (nSPS) is 27.8. The lowest BCUT2D eigenvalue weighted by molar-refractivity contribution is 0.0564. The van der Waals surface area contributed by atoms with Gasteiger partial charge >= 0.3 is 0 Å². The van der Waals surface area contributed by atoms with Crippen molar-refractivity contribution in [3.8, 4) is 0 Å². The maximum atomic E-state index is 4.23. The molecule has 2 fully saturated rings. The number of aryl methyl sites for hydroxylation is 1. The molecule has 2 heterocycles. The first-order valence-corrected chi connectivity index (χ1v) is 7.51. The van der Waals surface area contributed by atoms with Gasteiger partial charge in [0.25, 0.3) is 0 Å². The molecule has 1 N–H and O–H groups in total. The van der Waals surface area contributed by atoms with E-state index in [2.05, 4.69) is 27.5 Å². The minimum Gasteiger partial charge on any atom is -0.308 e. The van der Waals surface area contributed by atoms with Crippen LogP contribution in [0.3, 0.4) is 0 Å². The summed E-state index contributed by atoms with van der Waals surface area (Å²) in [7, 11) is 1.93. The van der Waals surface area contributed by atoms with Gasteiger partial charge in [-0.25, -0.2) is 0 Å². The van der Waals surface area contributed by atoms with Crippen molar-refractivity contribution in [2.45, 2.75) is 57.2 Å². The molecule has 2 aliphatic rings. The Morgan fingerprint density at radius 1 is 1.37 bits per heavy atom. The van der Waals surface area contributed by atoms with Crippen molar-refractivity contribution in [3.05, 3.63) is 11.9 Å². The summed E-state index contributed by atoms with van der Waals surface area (Å²) in [5, 5.41) is 12.1. The van der Waals surface area contributed by atoms with Gasteiger partial charge in [0.15, 0.2) is 0 Å². The Morgan fingerprint density at radius 2 is 2.16 bits per heavy atom. The Bertz CT molecular complexity index is 421. The zero-order valence-corrected chi connectivity index (χ0v) is 12.1. The van der Waals surface area contributed by atoms with E-state index < -0.39 is 0 Å². The largest absolute Gasteiger partial charge is 0.308 e. The Hall–Kier alpha value is -0.940. The molecule has 5 heteroatoms. The van der Waals surface area contributed by atoms with E-state index in [0.29, 0.717) is 11.6 Å². The Kier molecular flexibility index (Phi) is 3.58. The Morgan fingerprint density at radius 3 is 2.84 bits per heavy atom. The molecule has 1 unspecified atom stereocenters. The van der Waals surface area contributed by atoms with E-state index in [1.54, 1.807) is 4.68 Å². The zero-order valence-electron chi connectivity index (χ0n) is 12.1. The van der Waals surface area contributed by atoms with Crippen LogP contribution in [-0.4, -0.2) is 44.6 Å². The fraction of sp³-hybridized carbons (Fsp3) is 0.857. The van der Waals surface area contributed by atoms with Crippen molar-refractivity contribution in [1.82, 2.24) is 25.2 Å². The van der Waals surface area contributed by atoms with Crippen LogP contribution in [0, 0.1) is 0 Å². The van der Waals surface area contributed by atoms with Crippen LogP contribution in [0.25, 0.3) is 0 Å². The molecule has 1 saturated heterocycles. The van der Waals surface area contributed by atoms with E-state index in [1.807, 2.05) is 13.2 Å². The molecule has 0 amide bonds. The number of nitrogens with one attached hydrogen (secondary N) is 1. The van der Waals surface area contributed by atoms with Gasteiger partial charge in [-0.3, -0.25) is 9.58 Å². The van der Waals surface area contributed by atoms with Crippen molar-refractivity contribution in [2.24, 2.45) is 7.05 Å². The molecule has 0 aromatic carbocycles. The summed E-state index contributed by atoms with van der Waals surface area (Å²) in [6, 6.07) is 0.578. The van der Waals surface area contributed by atoms with Gasteiger partial charge in [-0.15, -0.1) is 5.10 Å². The molecule has 0 radical (unpaired) electrons. The van der Waals surface area contributed by atoms with Crippen molar-refractivity contribution < 1.29 is 0 Å². The number of nitrogens with zero attached hydrogens (tertiary/aromatic N) is 4. The van der Waals surface area contributed by atoms with E-state index in [4.69, 9.17) is 0 Å². The molecule has 0 bridgehead atoms. The van der Waals surface area contributed by atoms with Crippen LogP contribution in [0.2, 0.25) is 0 Å². The second-order valence-corrected chi connectivity index (χ2v) is 6.36. The predicted molar refractivity (Wildman–Crippen MR) is 74.7 cm³/mol. The Balaban J connectivity index is 1.68. The van der Waals surface area contributed by atoms with Crippen molar-refractivity contribution >= 4 is 0 Å². The van der Waals surface area contributed by atoms with Crippen LogP contribution in [0.15, 0.2) is 6.20 Å². The molecule has 3 rings (SSSR count). The molecule has 5 nitrogen and oxygen atoms in total. The van der Waals surface area contributed by atoms with Gasteiger partial charge in [-0.1, -0.05) is 24.5 Å². The SMILES string of the molecule is CC1CNC2(CCCCC2)CN1Cc1cn(C)nn1. The van der Waals surface area contributed by atoms with E-state index in [0.717, 1.165) is 25.3 Å². The van der Waals surface area contributed by atoms with Crippen molar-refractivity contribution in [1.29, 1.82) is 0 Å². The molecule has 1 atom stereocenters. The van der Waals surface area contributed by atoms with Gasteiger partial charge in [0.1, 0.15) is 0 Å². The molecule has 1 saturated carbocycles. The predicted octanol–water partition coefficient (Wildman–Crippen LogP) is 1.31. The van der Waals surface area contributed by atoms with Gasteiger partial charge in [-0.2, -0.15) is 0 Å². The summed E-state index contributed by atoms with van der Waals surface area (Å²) < 4.78 is 1.79. The smallest absolute Gasteiger partial charge is 0.0967 e. The minimum atomic E-state index is 0.368. The number of hydrogen-bond donors (Lipinski definition) is 1. The van der Waals surface area contributed by atoms with Crippen LogP contribution in [0.1, 0.15) is 44.7 Å². The Labute approximate surface area is 115 Å². The third-order valence-corrected chi connectivity index (χ3v) is 4.73. The number of rotatable bonds is 2. The van der Waals surface area contributed by atoms with Crippen LogP contribution in [0.4, 0.5) is 0 Å². The second kappa shape index (κ2) is 5.21. The third kappa shape index (κ3) is 2.82. The number of aromatic nitrogens is 3. The van der Waals surface area contributed by atoms with E-state index in [9.17, 15) is 0 Å². The van der Waals surface area contributed by atoms with E-state index in [1.165, 1.54) is 32.1 Å². The topological polar surface area (TPSA) is 46.0 Å². The fourth-order valence-electron chi connectivity index (χ4n) is 3.54. The maximum absolute atomic E-state index is 4.23. The summed E-state index contributed by atoms with van der Waals surface area (Å²) in [4.78, 5) is 2.58. The van der Waals surface area contributed by atoms with E-state index in [-0.39, 0.29) is 0 Å². The lowest BCUT2D eigenvalue weighted by atomic mass is 9.79. The summed E-state index contributed by atoms with van der Waals surface area (Å²) in [5.41, 5.74) is 1.45. The lowest BCUT2D eigenvalue weighted by Crippen LogP contribution is -2.63.